The molecule has 1 aliphatic rings. The highest BCUT2D eigenvalue weighted by Gasteiger charge is 2.28. The molecule has 1 fully saturated rings. The van der Waals surface area contributed by atoms with Crippen LogP contribution in [-0.2, 0) is 4.79 Å². The number of hydrogen-bond acceptors (Lipinski definition) is 4. The summed E-state index contributed by atoms with van der Waals surface area (Å²) in [6, 6.07) is 0.302. The van der Waals surface area contributed by atoms with Gasteiger partial charge in [0.2, 0.25) is 5.91 Å². The van der Waals surface area contributed by atoms with Crippen molar-refractivity contribution in [2.75, 3.05) is 5.75 Å². The molecule has 2 rings (SSSR count). The van der Waals surface area contributed by atoms with Gasteiger partial charge in [0.05, 0.1) is 11.4 Å². The van der Waals surface area contributed by atoms with E-state index in [1.54, 1.807) is 0 Å². The van der Waals surface area contributed by atoms with Crippen molar-refractivity contribution in [3.63, 3.8) is 0 Å². The van der Waals surface area contributed by atoms with Crippen LogP contribution in [0.15, 0.2) is 9.64 Å². The number of nitrogens with one attached hydrogen (secondary N) is 1. The minimum absolute atomic E-state index is 0.0582. The zero-order valence-electron chi connectivity index (χ0n) is 10.4. The SMILES string of the molecule is Cc1nc(SCC(=O)NC(C)C2CC2)oc1C. The molecule has 94 valence electrons. The molecule has 1 aromatic heterocycles. The molecule has 0 aliphatic heterocycles. The number of oxazole rings is 1. The van der Waals surface area contributed by atoms with Crippen LogP contribution in [0.5, 0.6) is 0 Å². The van der Waals surface area contributed by atoms with Crippen LogP contribution in [0, 0.1) is 19.8 Å². The van der Waals surface area contributed by atoms with E-state index >= 15 is 0 Å². The van der Waals surface area contributed by atoms with Gasteiger partial charge in [-0.25, -0.2) is 4.98 Å². The van der Waals surface area contributed by atoms with E-state index in [0.717, 1.165) is 11.5 Å². The maximum absolute atomic E-state index is 11.6. The zero-order valence-corrected chi connectivity index (χ0v) is 11.3. The van der Waals surface area contributed by atoms with Gasteiger partial charge in [0.25, 0.3) is 5.22 Å². The average molecular weight is 254 g/mol. The molecule has 1 atom stereocenters. The monoisotopic (exact) mass is 254 g/mol. The van der Waals surface area contributed by atoms with Crippen molar-refractivity contribution in [3.05, 3.63) is 11.5 Å². The Morgan fingerprint density at radius 2 is 2.29 bits per heavy atom. The second-order valence-corrected chi connectivity index (χ2v) is 5.53. The van der Waals surface area contributed by atoms with E-state index in [2.05, 4.69) is 17.2 Å². The fraction of sp³-hybridized carbons (Fsp3) is 0.667. The van der Waals surface area contributed by atoms with Gasteiger partial charge in [0.15, 0.2) is 0 Å². The normalized spacial score (nSPS) is 16.9. The highest BCUT2D eigenvalue weighted by Crippen LogP contribution is 2.32. The number of thioether (sulfide) groups is 1. The molecular formula is C12H18N2O2S. The zero-order chi connectivity index (χ0) is 12.4. The second-order valence-electron chi connectivity index (χ2n) is 4.60. The first-order valence-corrected chi connectivity index (χ1v) is 6.91. The number of hydrogen-bond donors (Lipinski definition) is 1. The summed E-state index contributed by atoms with van der Waals surface area (Å²) >= 11 is 1.35. The number of carbonyl (C=O) groups is 1. The fourth-order valence-electron chi connectivity index (χ4n) is 1.64. The van der Waals surface area contributed by atoms with Crippen LogP contribution in [0.2, 0.25) is 0 Å². The molecular weight excluding hydrogens is 236 g/mol. The summed E-state index contributed by atoms with van der Waals surface area (Å²) in [6.07, 6.45) is 2.49. The summed E-state index contributed by atoms with van der Waals surface area (Å²) in [4.78, 5) is 15.9. The van der Waals surface area contributed by atoms with Crippen molar-refractivity contribution in [1.29, 1.82) is 0 Å². The summed E-state index contributed by atoms with van der Waals surface area (Å²) in [6.45, 7) is 5.85. The highest BCUT2D eigenvalue weighted by molar-refractivity contribution is 7.99. The Bertz CT molecular complexity index is 393. The van der Waals surface area contributed by atoms with E-state index in [0.29, 0.717) is 22.9 Å². The highest BCUT2D eigenvalue weighted by atomic mass is 32.2. The fourth-order valence-corrected chi connectivity index (χ4v) is 2.37. The Labute approximate surface area is 106 Å². The first-order valence-electron chi connectivity index (χ1n) is 5.92. The molecule has 0 saturated heterocycles. The smallest absolute Gasteiger partial charge is 0.256 e. The van der Waals surface area contributed by atoms with E-state index in [1.807, 2.05) is 13.8 Å². The second kappa shape index (κ2) is 5.12. The molecule has 0 radical (unpaired) electrons. The van der Waals surface area contributed by atoms with Crippen LogP contribution in [-0.4, -0.2) is 22.7 Å². The number of amides is 1. The average Bonchev–Trinajstić information content (AvgIpc) is 3.05. The largest absolute Gasteiger partial charge is 0.437 e. The molecule has 1 saturated carbocycles. The lowest BCUT2D eigenvalue weighted by Crippen LogP contribution is -2.35. The van der Waals surface area contributed by atoms with Gasteiger partial charge in [-0.3, -0.25) is 4.79 Å². The Morgan fingerprint density at radius 1 is 1.59 bits per heavy atom. The number of nitrogens with zero attached hydrogens (tertiary/aromatic N) is 1. The van der Waals surface area contributed by atoms with E-state index in [9.17, 15) is 4.79 Å². The van der Waals surface area contributed by atoms with Crippen molar-refractivity contribution >= 4 is 17.7 Å². The van der Waals surface area contributed by atoms with E-state index in [4.69, 9.17) is 4.42 Å². The van der Waals surface area contributed by atoms with E-state index in [1.165, 1.54) is 24.6 Å². The summed E-state index contributed by atoms with van der Waals surface area (Å²) in [7, 11) is 0. The number of rotatable bonds is 5. The lowest BCUT2D eigenvalue weighted by atomic mass is 10.2. The van der Waals surface area contributed by atoms with Gasteiger partial charge in [-0.2, -0.15) is 0 Å². The summed E-state index contributed by atoms with van der Waals surface area (Å²) < 4.78 is 5.40. The maximum Gasteiger partial charge on any atom is 0.256 e. The van der Waals surface area contributed by atoms with Gasteiger partial charge in [-0.1, -0.05) is 11.8 Å². The van der Waals surface area contributed by atoms with Crippen LogP contribution < -0.4 is 5.32 Å². The third kappa shape index (κ3) is 3.49. The molecule has 0 bridgehead atoms. The minimum atomic E-state index is 0.0582. The van der Waals surface area contributed by atoms with Crippen molar-refractivity contribution in [2.24, 2.45) is 5.92 Å². The van der Waals surface area contributed by atoms with Crippen LogP contribution >= 0.6 is 11.8 Å². The van der Waals surface area contributed by atoms with Gasteiger partial charge in [0.1, 0.15) is 5.76 Å². The standard InChI is InChI=1S/C12H18N2O2S/c1-7-9(3)16-12(14-7)17-6-11(15)13-8(2)10-4-5-10/h8,10H,4-6H2,1-3H3,(H,13,15). The quantitative estimate of drug-likeness (QED) is 0.819. The van der Waals surface area contributed by atoms with Crippen molar-refractivity contribution in [2.45, 2.75) is 44.9 Å². The third-order valence-electron chi connectivity index (χ3n) is 3.05. The first kappa shape index (κ1) is 12.5. The molecule has 0 spiro atoms. The first-order chi connectivity index (χ1) is 8.06. The third-order valence-corrected chi connectivity index (χ3v) is 3.88. The topological polar surface area (TPSA) is 55.1 Å². The molecule has 0 aromatic carbocycles. The summed E-state index contributed by atoms with van der Waals surface area (Å²) in [5, 5.41) is 3.58. The van der Waals surface area contributed by atoms with Gasteiger partial charge >= 0.3 is 0 Å². The molecule has 1 N–H and O–H groups in total. The summed E-state index contributed by atoms with van der Waals surface area (Å²) in [5.74, 6) is 1.94. The molecule has 4 nitrogen and oxygen atoms in total. The molecule has 1 heterocycles. The van der Waals surface area contributed by atoms with Gasteiger partial charge in [0, 0.05) is 6.04 Å². The van der Waals surface area contributed by atoms with Gasteiger partial charge in [-0.15, -0.1) is 0 Å². The Balaban J connectivity index is 1.75. The van der Waals surface area contributed by atoms with Crippen molar-refractivity contribution < 1.29 is 9.21 Å². The Hall–Kier alpha value is -0.970. The number of carbonyl (C=O) groups excluding carboxylic acids is 1. The maximum atomic E-state index is 11.6. The molecule has 1 unspecified atom stereocenters. The number of aromatic nitrogens is 1. The lowest BCUT2D eigenvalue weighted by Gasteiger charge is -2.11. The molecule has 1 aromatic rings. The molecule has 5 heteroatoms. The van der Waals surface area contributed by atoms with Gasteiger partial charge in [-0.05, 0) is 39.5 Å². The predicted molar refractivity (Wildman–Crippen MR) is 67.0 cm³/mol. The summed E-state index contributed by atoms with van der Waals surface area (Å²) in [5.41, 5.74) is 0.888. The number of aryl methyl sites for hydroxylation is 2. The lowest BCUT2D eigenvalue weighted by molar-refractivity contribution is -0.119. The predicted octanol–water partition coefficient (Wildman–Crippen LogP) is 2.30. The van der Waals surface area contributed by atoms with Crippen LogP contribution in [0.3, 0.4) is 0 Å². The van der Waals surface area contributed by atoms with Crippen molar-refractivity contribution in [1.82, 2.24) is 10.3 Å². The van der Waals surface area contributed by atoms with Crippen LogP contribution in [0.4, 0.5) is 0 Å². The molecule has 1 amide bonds. The Morgan fingerprint density at radius 3 is 2.82 bits per heavy atom. The molecule has 1 aliphatic carbocycles. The van der Waals surface area contributed by atoms with Crippen LogP contribution in [0.25, 0.3) is 0 Å². The van der Waals surface area contributed by atoms with Crippen molar-refractivity contribution in [3.8, 4) is 0 Å². The molecule has 17 heavy (non-hydrogen) atoms. The van der Waals surface area contributed by atoms with E-state index in [-0.39, 0.29) is 5.91 Å². The van der Waals surface area contributed by atoms with E-state index < -0.39 is 0 Å². The van der Waals surface area contributed by atoms with Gasteiger partial charge < -0.3 is 9.73 Å². The minimum Gasteiger partial charge on any atom is -0.437 e. The van der Waals surface area contributed by atoms with Crippen LogP contribution in [0.1, 0.15) is 31.2 Å². The Kier molecular flexibility index (Phi) is 3.76.